The highest BCUT2D eigenvalue weighted by Gasteiger charge is 2.13. The van der Waals surface area contributed by atoms with Crippen LogP contribution < -0.4 is 10.6 Å². The van der Waals surface area contributed by atoms with E-state index in [9.17, 15) is 8.78 Å². The number of aliphatic imine (C=N–C) groups is 1. The lowest BCUT2D eigenvalue weighted by Crippen LogP contribution is -2.47. The Balaban J connectivity index is 2.77. The summed E-state index contributed by atoms with van der Waals surface area (Å²) in [6.45, 7) is 6.15. The van der Waals surface area contributed by atoms with Crippen molar-refractivity contribution in [3.63, 3.8) is 0 Å². The number of alkyl halides is 2. The molecule has 1 aromatic rings. The SMILES string of the molecule is CCNC(=NCc1nccn1C(F)F)NC(C)(C)C. The fourth-order valence-electron chi connectivity index (χ4n) is 1.46. The molecule has 1 heterocycles. The minimum absolute atomic E-state index is 0.1000. The Bertz CT molecular complexity index is 420. The fraction of sp³-hybridized carbons (Fsp3) is 0.667. The zero-order chi connectivity index (χ0) is 14.5. The third-order valence-electron chi connectivity index (χ3n) is 2.18. The van der Waals surface area contributed by atoms with Crippen LogP contribution in [0.15, 0.2) is 17.4 Å². The van der Waals surface area contributed by atoms with Gasteiger partial charge in [0.1, 0.15) is 12.4 Å². The summed E-state index contributed by atoms with van der Waals surface area (Å²) in [6.07, 6.45) is 2.60. The summed E-state index contributed by atoms with van der Waals surface area (Å²) in [4.78, 5) is 8.15. The molecule has 1 aromatic heterocycles. The highest BCUT2D eigenvalue weighted by Crippen LogP contribution is 2.12. The van der Waals surface area contributed by atoms with E-state index in [0.717, 1.165) is 4.57 Å². The molecule has 1 rings (SSSR count). The average molecular weight is 273 g/mol. The number of aromatic nitrogens is 2. The van der Waals surface area contributed by atoms with Crippen molar-refractivity contribution < 1.29 is 8.78 Å². The molecule has 0 amide bonds. The van der Waals surface area contributed by atoms with Gasteiger partial charge in [0.25, 0.3) is 0 Å². The van der Waals surface area contributed by atoms with Crippen LogP contribution in [-0.4, -0.2) is 27.6 Å². The number of rotatable bonds is 4. The molecule has 0 bridgehead atoms. The molecule has 108 valence electrons. The van der Waals surface area contributed by atoms with Crippen molar-refractivity contribution >= 4 is 5.96 Å². The minimum atomic E-state index is -2.59. The van der Waals surface area contributed by atoms with Gasteiger partial charge in [0.15, 0.2) is 5.96 Å². The van der Waals surface area contributed by atoms with Crippen LogP contribution in [0.2, 0.25) is 0 Å². The predicted octanol–water partition coefficient (Wildman–Crippen LogP) is 2.13. The summed E-state index contributed by atoms with van der Waals surface area (Å²) >= 11 is 0. The highest BCUT2D eigenvalue weighted by molar-refractivity contribution is 5.80. The van der Waals surface area contributed by atoms with Crippen LogP contribution >= 0.6 is 0 Å². The van der Waals surface area contributed by atoms with Crippen molar-refractivity contribution in [2.24, 2.45) is 4.99 Å². The van der Waals surface area contributed by atoms with E-state index < -0.39 is 6.55 Å². The Morgan fingerprint density at radius 3 is 2.68 bits per heavy atom. The molecule has 0 saturated heterocycles. The molecular weight excluding hydrogens is 252 g/mol. The van der Waals surface area contributed by atoms with Crippen molar-refractivity contribution in [2.75, 3.05) is 6.54 Å². The molecule has 0 aliphatic carbocycles. The highest BCUT2D eigenvalue weighted by atomic mass is 19.3. The zero-order valence-corrected chi connectivity index (χ0v) is 11.7. The van der Waals surface area contributed by atoms with Gasteiger partial charge >= 0.3 is 6.55 Å². The largest absolute Gasteiger partial charge is 0.357 e. The molecule has 19 heavy (non-hydrogen) atoms. The molecular formula is C12H21F2N5. The lowest BCUT2D eigenvalue weighted by molar-refractivity contribution is 0.0671. The van der Waals surface area contributed by atoms with E-state index in [0.29, 0.717) is 12.5 Å². The van der Waals surface area contributed by atoms with Crippen LogP contribution in [0.1, 0.15) is 40.1 Å². The molecule has 0 saturated carbocycles. The maximum atomic E-state index is 12.6. The topological polar surface area (TPSA) is 54.2 Å². The quantitative estimate of drug-likeness (QED) is 0.652. The molecule has 0 aliphatic heterocycles. The van der Waals surface area contributed by atoms with Gasteiger partial charge in [0.2, 0.25) is 0 Å². The summed E-state index contributed by atoms with van der Waals surface area (Å²) in [7, 11) is 0. The second kappa shape index (κ2) is 6.49. The van der Waals surface area contributed by atoms with Gasteiger partial charge in [-0.3, -0.25) is 4.57 Å². The van der Waals surface area contributed by atoms with Crippen molar-refractivity contribution in [2.45, 2.75) is 46.3 Å². The standard InChI is InChI=1S/C12H21F2N5/c1-5-15-11(18-12(2,3)4)17-8-9-16-6-7-19(9)10(13)14/h6-7,10H,5,8H2,1-4H3,(H2,15,17,18). The van der Waals surface area contributed by atoms with E-state index in [2.05, 4.69) is 20.6 Å². The molecule has 5 nitrogen and oxygen atoms in total. The van der Waals surface area contributed by atoms with Gasteiger partial charge in [-0.05, 0) is 27.7 Å². The first-order valence-electron chi connectivity index (χ1n) is 6.20. The number of nitrogens with one attached hydrogen (secondary N) is 2. The molecule has 0 atom stereocenters. The van der Waals surface area contributed by atoms with Gasteiger partial charge in [-0.1, -0.05) is 0 Å². The second-order valence-electron chi connectivity index (χ2n) is 5.10. The first kappa shape index (κ1) is 15.4. The normalized spacial score (nSPS) is 12.9. The lowest BCUT2D eigenvalue weighted by Gasteiger charge is -2.23. The molecule has 0 aliphatic rings. The number of nitrogens with zero attached hydrogens (tertiary/aromatic N) is 3. The van der Waals surface area contributed by atoms with E-state index in [4.69, 9.17) is 0 Å². The van der Waals surface area contributed by atoms with Crippen LogP contribution in [0.4, 0.5) is 8.78 Å². The van der Waals surface area contributed by atoms with Crippen LogP contribution in [0, 0.1) is 0 Å². The first-order chi connectivity index (χ1) is 8.83. The van der Waals surface area contributed by atoms with Gasteiger partial charge in [-0.2, -0.15) is 8.78 Å². The van der Waals surface area contributed by atoms with Gasteiger partial charge in [-0.15, -0.1) is 0 Å². The number of hydrogen-bond acceptors (Lipinski definition) is 2. The van der Waals surface area contributed by atoms with E-state index >= 15 is 0 Å². The average Bonchev–Trinajstić information content (AvgIpc) is 2.72. The van der Waals surface area contributed by atoms with Crippen LogP contribution in [0.3, 0.4) is 0 Å². The van der Waals surface area contributed by atoms with Gasteiger partial charge in [0, 0.05) is 24.5 Å². The number of imidazole rings is 1. The smallest absolute Gasteiger partial charge is 0.319 e. The molecule has 0 unspecified atom stereocenters. The Labute approximate surface area is 112 Å². The fourth-order valence-corrected chi connectivity index (χ4v) is 1.46. The van der Waals surface area contributed by atoms with Crippen LogP contribution in [0.5, 0.6) is 0 Å². The zero-order valence-electron chi connectivity index (χ0n) is 11.7. The van der Waals surface area contributed by atoms with Gasteiger partial charge in [0.05, 0.1) is 0 Å². The van der Waals surface area contributed by atoms with Gasteiger partial charge < -0.3 is 10.6 Å². The Morgan fingerprint density at radius 2 is 2.16 bits per heavy atom. The lowest BCUT2D eigenvalue weighted by atomic mass is 10.1. The molecule has 2 N–H and O–H groups in total. The molecule has 7 heteroatoms. The van der Waals surface area contributed by atoms with Gasteiger partial charge in [-0.25, -0.2) is 9.98 Å². The molecule has 0 fully saturated rings. The Kier molecular flexibility index (Phi) is 5.26. The van der Waals surface area contributed by atoms with E-state index in [1.165, 1.54) is 12.4 Å². The van der Waals surface area contributed by atoms with Crippen molar-refractivity contribution in [3.05, 3.63) is 18.2 Å². The second-order valence-corrected chi connectivity index (χ2v) is 5.10. The Morgan fingerprint density at radius 1 is 1.47 bits per heavy atom. The monoisotopic (exact) mass is 273 g/mol. The first-order valence-corrected chi connectivity index (χ1v) is 6.20. The van der Waals surface area contributed by atoms with Crippen LogP contribution in [-0.2, 0) is 6.54 Å². The summed E-state index contributed by atoms with van der Waals surface area (Å²) < 4.78 is 26.1. The van der Waals surface area contributed by atoms with Crippen molar-refractivity contribution in [1.29, 1.82) is 0 Å². The van der Waals surface area contributed by atoms with E-state index in [1.54, 1.807) is 0 Å². The van der Waals surface area contributed by atoms with Crippen molar-refractivity contribution in [3.8, 4) is 0 Å². The number of halogens is 2. The minimum Gasteiger partial charge on any atom is -0.357 e. The van der Waals surface area contributed by atoms with Crippen molar-refractivity contribution in [1.82, 2.24) is 20.2 Å². The summed E-state index contributed by atoms with van der Waals surface area (Å²) in [6, 6.07) is 0. The summed E-state index contributed by atoms with van der Waals surface area (Å²) in [5.74, 6) is 0.819. The van der Waals surface area contributed by atoms with Crippen LogP contribution in [0.25, 0.3) is 0 Å². The van der Waals surface area contributed by atoms with E-state index in [-0.39, 0.29) is 17.9 Å². The summed E-state index contributed by atoms with van der Waals surface area (Å²) in [5, 5.41) is 6.25. The maximum Gasteiger partial charge on any atom is 0.319 e. The predicted molar refractivity (Wildman–Crippen MR) is 71.2 cm³/mol. The molecule has 0 spiro atoms. The molecule has 0 aromatic carbocycles. The third-order valence-corrected chi connectivity index (χ3v) is 2.18. The third kappa shape index (κ3) is 5.23. The number of guanidine groups is 1. The van der Waals surface area contributed by atoms with E-state index in [1.807, 2.05) is 27.7 Å². The summed E-state index contributed by atoms with van der Waals surface area (Å²) in [5.41, 5.74) is -0.154. The maximum absolute atomic E-state index is 12.6. The number of hydrogen-bond donors (Lipinski definition) is 2. The Hall–Kier alpha value is -1.66. The molecule has 0 radical (unpaired) electrons.